The van der Waals surface area contributed by atoms with Crippen molar-refractivity contribution in [1.29, 1.82) is 0 Å². The number of likely N-dealkylation sites (N-methyl/N-ethyl adjacent to an activating group) is 1. The molecule has 12 heteroatoms. The molecule has 2 aliphatic rings. The number of aryl methyl sites for hydroxylation is 1. The minimum absolute atomic E-state index is 0.00399. The van der Waals surface area contributed by atoms with Gasteiger partial charge in [0.1, 0.15) is 11.3 Å². The lowest BCUT2D eigenvalue weighted by atomic mass is 9.91. The van der Waals surface area contributed by atoms with Crippen molar-refractivity contribution in [2.45, 2.75) is 45.1 Å². The summed E-state index contributed by atoms with van der Waals surface area (Å²) < 4.78 is 5.63. The van der Waals surface area contributed by atoms with E-state index in [9.17, 15) is 9.90 Å². The van der Waals surface area contributed by atoms with Crippen LogP contribution >= 0.6 is 0 Å². The average molecular weight is 548 g/mol. The van der Waals surface area contributed by atoms with Crippen LogP contribution < -0.4 is 25.6 Å². The fourth-order valence-corrected chi connectivity index (χ4v) is 5.62. The van der Waals surface area contributed by atoms with Gasteiger partial charge in [-0.2, -0.15) is 9.97 Å². The van der Waals surface area contributed by atoms with E-state index in [1.54, 1.807) is 13.2 Å². The fourth-order valence-electron chi connectivity index (χ4n) is 5.62. The Morgan fingerprint density at radius 2 is 2.02 bits per heavy atom. The number of carbonyl (C=O) groups is 1. The van der Waals surface area contributed by atoms with Gasteiger partial charge in [0.15, 0.2) is 11.6 Å². The molecule has 2 aliphatic heterocycles. The monoisotopic (exact) mass is 547 g/mol. The number of methoxy groups -OCH3 is 1. The van der Waals surface area contributed by atoms with Crippen molar-refractivity contribution in [2.75, 3.05) is 61.7 Å². The number of aromatic carboxylic acids is 1. The maximum atomic E-state index is 12.2. The minimum atomic E-state index is -1.11. The number of ether oxygens (including phenoxy) is 1. The Labute approximate surface area is 234 Å². The maximum absolute atomic E-state index is 12.2. The SMILES string of the molecule is COc1nc(N2CCCC2CN(C)C)c(N)cc1Nc1ncc(C(=O)O)c(N2CC(C)(C)c3nc(C)ccc32)n1. The number of fused-ring (bicyclic) bond motifs is 1. The minimum Gasteiger partial charge on any atom is -0.479 e. The highest BCUT2D eigenvalue weighted by Gasteiger charge is 2.39. The molecule has 3 aromatic heterocycles. The van der Waals surface area contributed by atoms with E-state index >= 15 is 0 Å². The number of nitrogens with one attached hydrogen (secondary N) is 1. The summed E-state index contributed by atoms with van der Waals surface area (Å²) in [6.07, 6.45) is 3.45. The van der Waals surface area contributed by atoms with Gasteiger partial charge in [-0.15, -0.1) is 0 Å². The van der Waals surface area contributed by atoms with Gasteiger partial charge in [-0.3, -0.25) is 4.98 Å². The van der Waals surface area contributed by atoms with E-state index < -0.39 is 5.97 Å². The van der Waals surface area contributed by atoms with Crippen molar-refractivity contribution >= 4 is 40.6 Å². The molecular weight excluding hydrogens is 510 g/mol. The zero-order chi connectivity index (χ0) is 28.8. The van der Waals surface area contributed by atoms with Crippen molar-refractivity contribution in [2.24, 2.45) is 0 Å². The van der Waals surface area contributed by atoms with Gasteiger partial charge in [-0.05, 0) is 52.1 Å². The van der Waals surface area contributed by atoms with E-state index in [-0.39, 0.29) is 22.7 Å². The summed E-state index contributed by atoms with van der Waals surface area (Å²) >= 11 is 0. The summed E-state index contributed by atoms with van der Waals surface area (Å²) in [7, 11) is 5.67. The van der Waals surface area contributed by atoms with Gasteiger partial charge in [0.05, 0.1) is 24.2 Å². The average Bonchev–Trinajstić information content (AvgIpc) is 3.44. The first-order valence-electron chi connectivity index (χ1n) is 13.4. The molecule has 212 valence electrons. The Kier molecular flexibility index (Phi) is 7.13. The normalized spacial score (nSPS) is 17.8. The van der Waals surface area contributed by atoms with Gasteiger partial charge in [0.2, 0.25) is 11.8 Å². The summed E-state index contributed by atoms with van der Waals surface area (Å²) in [5.41, 5.74) is 9.84. The van der Waals surface area contributed by atoms with Crippen molar-refractivity contribution in [1.82, 2.24) is 24.8 Å². The lowest BCUT2D eigenvalue weighted by molar-refractivity contribution is 0.0697. The molecule has 40 heavy (non-hydrogen) atoms. The smallest absolute Gasteiger partial charge is 0.341 e. The van der Waals surface area contributed by atoms with Gasteiger partial charge in [-0.1, -0.05) is 13.8 Å². The molecule has 0 amide bonds. The number of nitrogens with zero attached hydrogens (tertiary/aromatic N) is 7. The number of nitrogens with two attached hydrogens (primary N) is 1. The highest BCUT2D eigenvalue weighted by atomic mass is 16.5. The summed E-state index contributed by atoms with van der Waals surface area (Å²) in [6.45, 7) is 8.41. The molecule has 0 radical (unpaired) electrons. The molecule has 0 aliphatic carbocycles. The molecule has 5 heterocycles. The molecule has 0 aromatic carbocycles. The first kappa shape index (κ1) is 27.4. The van der Waals surface area contributed by atoms with Crippen LogP contribution in [0.3, 0.4) is 0 Å². The summed E-state index contributed by atoms with van der Waals surface area (Å²) in [5.74, 6) is 0.402. The predicted octanol–water partition coefficient (Wildman–Crippen LogP) is 3.57. The number of nitrogen functional groups attached to an aromatic ring is 1. The number of anilines is 6. The number of carboxylic acid groups (broad SMARTS) is 1. The number of rotatable bonds is 8. The van der Waals surface area contributed by atoms with Crippen molar-refractivity contribution in [3.8, 4) is 5.88 Å². The number of aromatic nitrogens is 4. The molecule has 5 rings (SSSR count). The highest BCUT2D eigenvalue weighted by Crippen LogP contribution is 2.44. The second-order valence-corrected chi connectivity index (χ2v) is 11.4. The molecule has 4 N–H and O–H groups in total. The standard InChI is InChI=1S/C28H37N9O3/c1-16-9-10-21-22(31-16)28(2,3)15-37(21)23-18(26(38)39)13-30-27(34-23)32-20-12-19(29)24(33-25(20)40-6)36-11-7-8-17(36)14-35(4)5/h9-10,12-13,17H,7-8,11,14-15,29H2,1-6H3,(H,38,39)(H,30,32,34). The number of hydrogen-bond acceptors (Lipinski definition) is 11. The zero-order valence-electron chi connectivity index (χ0n) is 23.9. The van der Waals surface area contributed by atoms with Crippen molar-refractivity contribution in [3.05, 3.63) is 41.3 Å². The summed E-state index contributed by atoms with van der Waals surface area (Å²) in [5, 5.41) is 13.1. The lowest BCUT2D eigenvalue weighted by Crippen LogP contribution is -2.38. The van der Waals surface area contributed by atoms with Gasteiger partial charge in [-0.25, -0.2) is 9.78 Å². The molecule has 1 unspecified atom stereocenters. The molecule has 1 fully saturated rings. The van der Waals surface area contributed by atoms with Crippen LogP contribution in [-0.2, 0) is 5.41 Å². The molecule has 0 bridgehead atoms. The quantitative estimate of drug-likeness (QED) is 0.379. The number of pyridine rings is 2. The largest absolute Gasteiger partial charge is 0.479 e. The van der Waals surface area contributed by atoms with E-state index in [0.29, 0.717) is 35.7 Å². The van der Waals surface area contributed by atoms with Crippen LogP contribution in [0.2, 0.25) is 0 Å². The van der Waals surface area contributed by atoms with Crippen LogP contribution in [0.5, 0.6) is 5.88 Å². The Balaban J connectivity index is 1.50. The molecule has 12 nitrogen and oxygen atoms in total. The van der Waals surface area contributed by atoms with Crippen molar-refractivity contribution < 1.29 is 14.6 Å². The Morgan fingerprint density at radius 3 is 2.73 bits per heavy atom. The van der Waals surface area contributed by atoms with Crippen LogP contribution in [-0.4, -0.2) is 82.8 Å². The molecule has 3 aromatic rings. The Bertz CT molecular complexity index is 1440. The molecular formula is C28H37N9O3. The van der Waals surface area contributed by atoms with E-state index in [2.05, 4.69) is 53.0 Å². The second-order valence-electron chi connectivity index (χ2n) is 11.4. The van der Waals surface area contributed by atoms with E-state index in [0.717, 1.165) is 43.0 Å². The topological polar surface area (TPSA) is 146 Å². The van der Waals surface area contributed by atoms with Crippen LogP contribution in [0.1, 0.15) is 48.4 Å². The third-order valence-corrected chi connectivity index (χ3v) is 7.41. The first-order chi connectivity index (χ1) is 19.0. The number of hydrogen-bond donors (Lipinski definition) is 3. The first-order valence-corrected chi connectivity index (χ1v) is 13.4. The van der Waals surface area contributed by atoms with Crippen LogP contribution in [0, 0.1) is 6.92 Å². The molecule has 0 saturated carbocycles. The van der Waals surface area contributed by atoms with Gasteiger partial charge in [0.25, 0.3) is 0 Å². The van der Waals surface area contributed by atoms with E-state index in [1.165, 1.54) is 6.20 Å². The van der Waals surface area contributed by atoms with Crippen LogP contribution in [0.25, 0.3) is 0 Å². The molecule has 1 saturated heterocycles. The van der Waals surface area contributed by atoms with Crippen molar-refractivity contribution in [3.63, 3.8) is 0 Å². The highest BCUT2D eigenvalue weighted by molar-refractivity contribution is 5.95. The third-order valence-electron chi connectivity index (χ3n) is 7.41. The molecule has 1 atom stereocenters. The number of carboxylic acids is 1. The Hall–Kier alpha value is -4.19. The maximum Gasteiger partial charge on any atom is 0.341 e. The predicted molar refractivity (Wildman–Crippen MR) is 155 cm³/mol. The van der Waals surface area contributed by atoms with Gasteiger partial charge in [0, 0.05) is 43.0 Å². The van der Waals surface area contributed by atoms with Crippen LogP contribution in [0.4, 0.5) is 34.6 Å². The van der Waals surface area contributed by atoms with Gasteiger partial charge < -0.3 is 35.6 Å². The van der Waals surface area contributed by atoms with Crippen LogP contribution in [0.15, 0.2) is 24.4 Å². The summed E-state index contributed by atoms with van der Waals surface area (Å²) in [4.78, 5) is 36.9. The lowest BCUT2D eigenvalue weighted by Gasteiger charge is -2.29. The third kappa shape index (κ3) is 5.06. The fraction of sp³-hybridized carbons (Fsp3) is 0.464. The molecule has 0 spiro atoms. The van der Waals surface area contributed by atoms with E-state index in [1.807, 2.05) is 24.0 Å². The van der Waals surface area contributed by atoms with Gasteiger partial charge >= 0.3 is 5.97 Å². The second kappa shape index (κ2) is 10.4. The Morgan fingerprint density at radius 1 is 1.25 bits per heavy atom. The van der Waals surface area contributed by atoms with E-state index in [4.69, 9.17) is 20.4 Å². The summed E-state index contributed by atoms with van der Waals surface area (Å²) in [6, 6.07) is 5.95. The zero-order valence-corrected chi connectivity index (χ0v) is 23.9.